The van der Waals surface area contributed by atoms with Crippen LogP contribution in [0.2, 0.25) is 0 Å². The van der Waals surface area contributed by atoms with Crippen LogP contribution in [0, 0.1) is 0 Å². The molecule has 0 saturated carbocycles. The molecule has 2 N–H and O–H groups in total. The number of ether oxygens (including phenoxy) is 1. The maximum absolute atomic E-state index is 10.9. The number of hydrogen-bond donors (Lipinski definition) is 2. The minimum absolute atomic E-state index is 0. The van der Waals surface area contributed by atoms with Crippen molar-refractivity contribution in [1.82, 2.24) is 5.32 Å². The molecule has 0 amide bonds. The first-order valence-corrected chi connectivity index (χ1v) is 3.59. The molecule has 1 aliphatic heterocycles. The van der Waals surface area contributed by atoms with Gasteiger partial charge in [0.2, 0.25) is 0 Å². The van der Waals surface area contributed by atoms with Gasteiger partial charge in [0.05, 0.1) is 12.7 Å². The predicted octanol–water partition coefficient (Wildman–Crippen LogP) is -0.306. The summed E-state index contributed by atoms with van der Waals surface area (Å²) in [6.45, 7) is 2.15. The molecule has 2 unspecified atom stereocenters. The first-order chi connectivity index (χ1) is 5.05. The van der Waals surface area contributed by atoms with Crippen LogP contribution in [0.3, 0.4) is 0 Å². The van der Waals surface area contributed by atoms with Crippen molar-refractivity contribution >= 4 is 18.4 Å². The Kier molecular flexibility index (Phi) is 3.96. The Morgan fingerprint density at radius 3 is 2.67 bits per heavy atom. The van der Waals surface area contributed by atoms with E-state index in [2.05, 4.69) is 10.1 Å². The van der Waals surface area contributed by atoms with Crippen LogP contribution >= 0.6 is 12.4 Å². The topological polar surface area (TPSA) is 58.6 Å². The average molecular weight is 196 g/mol. The van der Waals surface area contributed by atoms with Gasteiger partial charge >= 0.3 is 5.97 Å². The number of β-amino-alcohol motifs (C(OH)–C–C–N with tert-alkyl or cyclic N) is 1. The first kappa shape index (κ1) is 11.7. The van der Waals surface area contributed by atoms with Gasteiger partial charge in [-0.1, -0.05) is 0 Å². The summed E-state index contributed by atoms with van der Waals surface area (Å²) in [5.74, 6) is -0.303. The van der Waals surface area contributed by atoms with Crippen molar-refractivity contribution in [3.8, 4) is 0 Å². The van der Waals surface area contributed by atoms with Crippen LogP contribution in [0.25, 0.3) is 0 Å². The molecule has 0 spiro atoms. The first-order valence-electron chi connectivity index (χ1n) is 3.59. The summed E-state index contributed by atoms with van der Waals surface area (Å²) in [5.41, 5.74) is -0.765. The van der Waals surface area contributed by atoms with Crippen molar-refractivity contribution in [2.75, 3.05) is 13.7 Å². The molecule has 0 radical (unpaired) electrons. The van der Waals surface area contributed by atoms with Gasteiger partial charge < -0.3 is 15.2 Å². The van der Waals surface area contributed by atoms with E-state index < -0.39 is 5.60 Å². The van der Waals surface area contributed by atoms with E-state index >= 15 is 0 Å². The number of rotatable bonds is 1. The lowest BCUT2D eigenvalue weighted by Gasteiger charge is -2.13. The van der Waals surface area contributed by atoms with E-state index in [9.17, 15) is 9.90 Å². The Balaban J connectivity index is 0.00000121. The van der Waals surface area contributed by atoms with E-state index in [1.807, 2.05) is 0 Å². The molecular formula is C7H14ClNO3. The second kappa shape index (κ2) is 4.07. The molecule has 1 saturated heterocycles. The number of halogens is 1. The summed E-state index contributed by atoms with van der Waals surface area (Å²) in [6.07, 6.45) is 0.430. The van der Waals surface area contributed by atoms with E-state index in [4.69, 9.17) is 0 Å². The highest BCUT2D eigenvalue weighted by atomic mass is 35.5. The number of aliphatic hydroxyl groups is 1. The lowest BCUT2D eigenvalue weighted by atomic mass is 10.0. The summed E-state index contributed by atoms with van der Waals surface area (Å²) < 4.78 is 4.51. The van der Waals surface area contributed by atoms with Crippen LogP contribution in [0.15, 0.2) is 0 Å². The van der Waals surface area contributed by atoms with Crippen LogP contribution in [0.1, 0.15) is 13.3 Å². The molecule has 72 valence electrons. The van der Waals surface area contributed by atoms with Gasteiger partial charge in [0, 0.05) is 13.0 Å². The maximum atomic E-state index is 10.9. The smallest absolute Gasteiger partial charge is 0.322 e. The van der Waals surface area contributed by atoms with Gasteiger partial charge in [-0.25, -0.2) is 0 Å². The molecule has 1 fully saturated rings. The molecule has 0 aromatic heterocycles. The summed E-state index contributed by atoms with van der Waals surface area (Å²) in [4.78, 5) is 10.9. The molecule has 1 rings (SSSR count). The third-order valence-corrected chi connectivity index (χ3v) is 1.86. The van der Waals surface area contributed by atoms with E-state index in [-0.39, 0.29) is 24.4 Å². The summed E-state index contributed by atoms with van der Waals surface area (Å²) in [6, 6.07) is -0.338. The third kappa shape index (κ3) is 2.62. The number of nitrogens with one attached hydrogen (secondary N) is 1. The molecular weight excluding hydrogens is 182 g/mol. The zero-order valence-electron chi connectivity index (χ0n) is 7.16. The normalized spacial score (nSPS) is 34.1. The number of esters is 1. The fraction of sp³-hybridized carbons (Fsp3) is 0.857. The second-order valence-electron chi connectivity index (χ2n) is 3.16. The Bertz CT molecular complexity index is 172. The molecule has 0 aromatic carbocycles. The maximum Gasteiger partial charge on any atom is 0.322 e. The zero-order chi connectivity index (χ0) is 8.48. The zero-order valence-corrected chi connectivity index (χ0v) is 7.98. The van der Waals surface area contributed by atoms with E-state index in [1.165, 1.54) is 7.11 Å². The third-order valence-electron chi connectivity index (χ3n) is 1.86. The van der Waals surface area contributed by atoms with Crippen molar-refractivity contribution in [2.45, 2.75) is 25.0 Å². The van der Waals surface area contributed by atoms with Gasteiger partial charge in [0.1, 0.15) is 6.04 Å². The highest BCUT2D eigenvalue weighted by Gasteiger charge is 2.36. The van der Waals surface area contributed by atoms with Gasteiger partial charge in [-0.05, 0) is 6.92 Å². The Hall–Kier alpha value is -0.320. The van der Waals surface area contributed by atoms with Gasteiger partial charge in [-0.2, -0.15) is 0 Å². The number of carbonyl (C=O) groups is 1. The minimum Gasteiger partial charge on any atom is -0.468 e. The largest absolute Gasteiger partial charge is 0.468 e. The number of carbonyl (C=O) groups excluding carboxylic acids is 1. The Morgan fingerprint density at radius 2 is 2.33 bits per heavy atom. The van der Waals surface area contributed by atoms with E-state index in [0.29, 0.717) is 13.0 Å². The molecule has 0 bridgehead atoms. The highest BCUT2D eigenvalue weighted by Crippen LogP contribution is 2.18. The summed E-state index contributed by atoms with van der Waals surface area (Å²) in [5, 5.41) is 12.3. The minimum atomic E-state index is -0.765. The SMILES string of the molecule is COC(=O)C1CC(C)(O)CN1.Cl. The van der Waals surface area contributed by atoms with Crippen molar-refractivity contribution in [3.63, 3.8) is 0 Å². The molecule has 0 aromatic rings. The lowest BCUT2D eigenvalue weighted by Crippen LogP contribution is -2.31. The summed E-state index contributed by atoms with van der Waals surface area (Å²) in [7, 11) is 1.34. The fourth-order valence-corrected chi connectivity index (χ4v) is 1.24. The van der Waals surface area contributed by atoms with Gasteiger partial charge in [-0.15, -0.1) is 12.4 Å². The standard InChI is InChI=1S/C7H13NO3.ClH/c1-7(10)3-5(8-4-7)6(9)11-2;/h5,8,10H,3-4H2,1-2H3;1H. The van der Waals surface area contributed by atoms with Gasteiger partial charge in [-0.3, -0.25) is 4.79 Å². The van der Waals surface area contributed by atoms with Crippen LogP contribution in [0.4, 0.5) is 0 Å². The molecule has 5 heteroatoms. The van der Waals surface area contributed by atoms with Crippen molar-refractivity contribution in [3.05, 3.63) is 0 Å². The lowest BCUT2D eigenvalue weighted by molar-refractivity contribution is -0.143. The van der Waals surface area contributed by atoms with Crippen LogP contribution in [0.5, 0.6) is 0 Å². The average Bonchev–Trinajstić information content (AvgIpc) is 2.29. The van der Waals surface area contributed by atoms with E-state index in [1.54, 1.807) is 6.92 Å². The van der Waals surface area contributed by atoms with Crippen LogP contribution < -0.4 is 5.32 Å². The fourth-order valence-electron chi connectivity index (χ4n) is 1.24. The Morgan fingerprint density at radius 1 is 1.75 bits per heavy atom. The van der Waals surface area contributed by atoms with Crippen molar-refractivity contribution in [2.24, 2.45) is 0 Å². The van der Waals surface area contributed by atoms with Gasteiger partial charge in [0.25, 0.3) is 0 Å². The van der Waals surface area contributed by atoms with Crippen molar-refractivity contribution < 1.29 is 14.6 Å². The number of methoxy groups -OCH3 is 1. The van der Waals surface area contributed by atoms with Gasteiger partial charge in [0.15, 0.2) is 0 Å². The van der Waals surface area contributed by atoms with Crippen LogP contribution in [-0.4, -0.2) is 36.4 Å². The molecule has 0 aliphatic carbocycles. The second-order valence-corrected chi connectivity index (χ2v) is 3.16. The van der Waals surface area contributed by atoms with E-state index in [0.717, 1.165) is 0 Å². The molecule has 1 aliphatic rings. The molecule has 12 heavy (non-hydrogen) atoms. The predicted molar refractivity (Wildman–Crippen MR) is 46.3 cm³/mol. The summed E-state index contributed by atoms with van der Waals surface area (Å²) >= 11 is 0. The van der Waals surface area contributed by atoms with Crippen LogP contribution in [-0.2, 0) is 9.53 Å². The molecule has 4 nitrogen and oxygen atoms in total. The number of hydrogen-bond acceptors (Lipinski definition) is 4. The monoisotopic (exact) mass is 195 g/mol. The van der Waals surface area contributed by atoms with Crippen molar-refractivity contribution in [1.29, 1.82) is 0 Å². The molecule has 1 heterocycles. The molecule has 2 atom stereocenters. The quantitative estimate of drug-likeness (QED) is 0.564. The Labute approximate surface area is 77.7 Å². The highest BCUT2D eigenvalue weighted by molar-refractivity contribution is 5.85.